The van der Waals surface area contributed by atoms with Gasteiger partial charge in [-0.1, -0.05) is 115 Å². The fourth-order valence-corrected chi connectivity index (χ4v) is 4.69. The highest BCUT2D eigenvalue weighted by Crippen LogP contribution is 2.32. The fourth-order valence-electron chi connectivity index (χ4n) is 4.69. The lowest BCUT2D eigenvalue weighted by Gasteiger charge is -2.12. The van der Waals surface area contributed by atoms with Crippen LogP contribution >= 0.6 is 0 Å². The van der Waals surface area contributed by atoms with Crippen molar-refractivity contribution in [2.75, 3.05) is 5.32 Å². The van der Waals surface area contributed by atoms with E-state index in [1.807, 2.05) is 0 Å². The van der Waals surface area contributed by atoms with E-state index < -0.39 is 0 Å². The largest absolute Gasteiger partial charge is 0.355 e. The highest BCUT2D eigenvalue weighted by molar-refractivity contribution is 5.97. The first-order valence-corrected chi connectivity index (χ1v) is 11.9. The highest BCUT2D eigenvalue weighted by Gasteiger charge is 2.06. The maximum atomic E-state index is 3.62. The molecule has 0 aliphatic heterocycles. The number of anilines is 2. The van der Waals surface area contributed by atoms with Gasteiger partial charge in [-0.2, -0.15) is 0 Å². The van der Waals surface area contributed by atoms with E-state index in [4.69, 9.17) is 0 Å². The minimum atomic E-state index is 1.07. The summed E-state index contributed by atoms with van der Waals surface area (Å²) in [6.45, 7) is 0. The molecule has 0 heterocycles. The molecule has 0 radical (unpaired) electrons. The van der Waals surface area contributed by atoms with Crippen molar-refractivity contribution in [3.8, 4) is 33.4 Å². The van der Waals surface area contributed by atoms with Gasteiger partial charge in [0.05, 0.1) is 0 Å². The molecule has 6 aromatic rings. The van der Waals surface area contributed by atoms with Crippen LogP contribution < -0.4 is 5.32 Å². The van der Waals surface area contributed by atoms with Crippen molar-refractivity contribution in [1.82, 2.24) is 0 Å². The molecule has 0 bridgehead atoms. The maximum Gasteiger partial charge on any atom is 0.0390 e. The van der Waals surface area contributed by atoms with Gasteiger partial charge < -0.3 is 5.32 Å². The molecule has 166 valence electrons. The molecule has 6 rings (SSSR count). The molecule has 0 amide bonds. The molecule has 0 aromatic heterocycles. The van der Waals surface area contributed by atoms with Crippen molar-refractivity contribution in [1.29, 1.82) is 0 Å². The summed E-state index contributed by atoms with van der Waals surface area (Å²) >= 11 is 0. The van der Waals surface area contributed by atoms with Gasteiger partial charge in [0.15, 0.2) is 0 Å². The summed E-state index contributed by atoms with van der Waals surface area (Å²) in [7, 11) is 0. The monoisotopic (exact) mass is 447 g/mol. The number of nitrogens with one attached hydrogen (secondary N) is 1. The van der Waals surface area contributed by atoms with Crippen molar-refractivity contribution in [2.45, 2.75) is 0 Å². The van der Waals surface area contributed by atoms with E-state index in [1.54, 1.807) is 0 Å². The van der Waals surface area contributed by atoms with E-state index in [2.05, 4.69) is 151 Å². The predicted octanol–water partition coefficient (Wildman–Crippen LogP) is 9.58. The zero-order chi connectivity index (χ0) is 23.5. The smallest absolute Gasteiger partial charge is 0.0390 e. The van der Waals surface area contributed by atoms with Gasteiger partial charge in [-0.15, -0.1) is 0 Å². The van der Waals surface area contributed by atoms with E-state index >= 15 is 0 Å². The van der Waals surface area contributed by atoms with Crippen LogP contribution in [0.2, 0.25) is 0 Å². The topological polar surface area (TPSA) is 12.0 Å². The molecule has 0 saturated heterocycles. The van der Waals surface area contributed by atoms with Gasteiger partial charge in [0.1, 0.15) is 0 Å². The summed E-state index contributed by atoms with van der Waals surface area (Å²) in [4.78, 5) is 0. The molecule has 1 N–H and O–H groups in total. The molecule has 35 heavy (non-hydrogen) atoms. The minimum absolute atomic E-state index is 1.07. The van der Waals surface area contributed by atoms with Crippen LogP contribution in [0.3, 0.4) is 0 Å². The normalized spacial score (nSPS) is 10.9. The second kappa shape index (κ2) is 9.32. The number of benzene rings is 6. The zero-order valence-electron chi connectivity index (χ0n) is 19.4. The lowest BCUT2D eigenvalue weighted by molar-refractivity contribution is 1.53. The van der Waals surface area contributed by atoms with Crippen LogP contribution in [0.15, 0.2) is 146 Å². The zero-order valence-corrected chi connectivity index (χ0v) is 19.4. The van der Waals surface area contributed by atoms with E-state index in [9.17, 15) is 0 Å². The van der Waals surface area contributed by atoms with Crippen molar-refractivity contribution in [3.05, 3.63) is 146 Å². The lowest BCUT2D eigenvalue weighted by Crippen LogP contribution is -1.91. The van der Waals surface area contributed by atoms with E-state index in [1.165, 1.54) is 44.2 Å². The summed E-state index contributed by atoms with van der Waals surface area (Å²) in [6.07, 6.45) is 0. The van der Waals surface area contributed by atoms with Gasteiger partial charge in [-0.25, -0.2) is 0 Å². The third-order valence-corrected chi connectivity index (χ3v) is 6.42. The molecule has 0 spiro atoms. The highest BCUT2D eigenvalue weighted by atomic mass is 14.9. The summed E-state index contributed by atoms with van der Waals surface area (Å²) in [5.41, 5.74) is 9.46. The van der Waals surface area contributed by atoms with Crippen molar-refractivity contribution in [3.63, 3.8) is 0 Å². The Bertz CT molecular complexity index is 1610. The van der Waals surface area contributed by atoms with Gasteiger partial charge >= 0.3 is 0 Å². The number of rotatable bonds is 5. The van der Waals surface area contributed by atoms with Crippen LogP contribution in [-0.2, 0) is 0 Å². The first kappa shape index (κ1) is 20.9. The molecule has 0 atom stereocenters. The van der Waals surface area contributed by atoms with E-state index in [0.29, 0.717) is 0 Å². The van der Waals surface area contributed by atoms with Gasteiger partial charge in [0.2, 0.25) is 0 Å². The Hall–Kier alpha value is -4.62. The molecule has 0 aliphatic rings. The van der Waals surface area contributed by atoms with Crippen molar-refractivity contribution >= 4 is 22.1 Å². The predicted molar refractivity (Wildman–Crippen MR) is 150 cm³/mol. The van der Waals surface area contributed by atoms with Crippen LogP contribution in [0, 0.1) is 0 Å². The summed E-state index contributed by atoms with van der Waals surface area (Å²) in [5.74, 6) is 0. The average molecular weight is 448 g/mol. The Labute approximate surface area is 206 Å². The molecule has 0 saturated carbocycles. The van der Waals surface area contributed by atoms with Crippen molar-refractivity contribution in [2.24, 2.45) is 0 Å². The summed E-state index contributed by atoms with van der Waals surface area (Å²) < 4.78 is 0. The van der Waals surface area contributed by atoms with Crippen LogP contribution in [0.4, 0.5) is 11.4 Å². The Kier molecular flexibility index (Phi) is 5.58. The fraction of sp³-hybridized carbons (Fsp3) is 0. The standard InChI is InChI=1S/C34H25N/c1-2-10-25(11-3-1)27-14-6-15-28(22-27)29-16-7-18-31(23-29)35-32-19-8-17-30(24-32)34-21-9-13-26-12-4-5-20-33(26)34/h1-24,35H. The quantitative estimate of drug-likeness (QED) is 0.277. The Morgan fingerprint density at radius 2 is 0.857 bits per heavy atom. The van der Waals surface area contributed by atoms with Crippen LogP contribution in [0.1, 0.15) is 0 Å². The summed E-state index contributed by atoms with van der Waals surface area (Å²) in [6, 6.07) is 51.6. The number of fused-ring (bicyclic) bond motifs is 1. The first-order valence-electron chi connectivity index (χ1n) is 11.9. The van der Waals surface area contributed by atoms with Gasteiger partial charge in [0.25, 0.3) is 0 Å². The van der Waals surface area contributed by atoms with Crippen LogP contribution in [0.25, 0.3) is 44.2 Å². The minimum Gasteiger partial charge on any atom is -0.355 e. The summed E-state index contributed by atoms with van der Waals surface area (Å²) in [5, 5.41) is 6.15. The maximum absolute atomic E-state index is 3.62. The molecule has 1 nitrogen and oxygen atoms in total. The third-order valence-electron chi connectivity index (χ3n) is 6.42. The molecular weight excluding hydrogens is 422 g/mol. The van der Waals surface area contributed by atoms with E-state index in [-0.39, 0.29) is 0 Å². The number of hydrogen-bond acceptors (Lipinski definition) is 1. The average Bonchev–Trinajstić information content (AvgIpc) is 2.94. The molecular formula is C34H25N. The Morgan fingerprint density at radius 1 is 0.343 bits per heavy atom. The van der Waals surface area contributed by atoms with Gasteiger partial charge in [0, 0.05) is 11.4 Å². The number of hydrogen-bond donors (Lipinski definition) is 1. The molecule has 0 unspecified atom stereocenters. The second-order valence-corrected chi connectivity index (χ2v) is 8.76. The lowest BCUT2D eigenvalue weighted by atomic mass is 9.98. The first-order chi connectivity index (χ1) is 17.3. The second-order valence-electron chi connectivity index (χ2n) is 8.76. The van der Waals surface area contributed by atoms with E-state index in [0.717, 1.165) is 11.4 Å². The molecule has 1 heteroatoms. The molecule has 0 aliphatic carbocycles. The third kappa shape index (κ3) is 4.45. The van der Waals surface area contributed by atoms with Gasteiger partial charge in [-0.05, 0) is 74.5 Å². The molecule has 0 fully saturated rings. The molecule has 6 aromatic carbocycles. The van der Waals surface area contributed by atoms with Crippen LogP contribution in [0.5, 0.6) is 0 Å². The Balaban J connectivity index is 1.30. The Morgan fingerprint density at radius 3 is 1.66 bits per heavy atom. The van der Waals surface area contributed by atoms with Gasteiger partial charge in [-0.3, -0.25) is 0 Å². The van der Waals surface area contributed by atoms with Crippen molar-refractivity contribution < 1.29 is 0 Å². The SMILES string of the molecule is c1ccc(-c2cccc(-c3cccc(Nc4cccc(-c5cccc6ccccc56)c4)c3)c2)cc1. The van der Waals surface area contributed by atoms with Crippen LogP contribution in [-0.4, -0.2) is 0 Å².